The zero-order valence-corrected chi connectivity index (χ0v) is 10.7. The Morgan fingerprint density at radius 1 is 1.19 bits per heavy atom. The van der Waals surface area contributed by atoms with Gasteiger partial charge in [0.1, 0.15) is 0 Å². The lowest BCUT2D eigenvalue weighted by molar-refractivity contribution is 0.225. The molecule has 1 aromatic rings. The highest BCUT2D eigenvalue weighted by atomic mass is 16.3. The van der Waals surface area contributed by atoms with Gasteiger partial charge in [0, 0.05) is 19.7 Å². The third-order valence-corrected chi connectivity index (χ3v) is 3.06. The summed E-state index contributed by atoms with van der Waals surface area (Å²) in [5, 5.41) is 8.83. The van der Waals surface area contributed by atoms with Crippen LogP contribution in [-0.2, 0) is 6.54 Å². The Morgan fingerprint density at radius 2 is 1.94 bits per heavy atom. The third-order valence-electron chi connectivity index (χ3n) is 3.06. The van der Waals surface area contributed by atoms with Crippen LogP contribution in [0.5, 0.6) is 0 Å². The average Bonchev–Trinajstić information content (AvgIpc) is 2.29. The molecule has 0 spiro atoms. The maximum atomic E-state index is 8.83. The lowest BCUT2D eigenvalue weighted by Crippen LogP contribution is -2.24. The smallest absolute Gasteiger partial charge is 0.0443 e. The van der Waals surface area contributed by atoms with Gasteiger partial charge in [0.2, 0.25) is 0 Å². The predicted molar refractivity (Wildman–Crippen MR) is 68.6 cm³/mol. The van der Waals surface area contributed by atoms with Crippen molar-refractivity contribution in [2.45, 2.75) is 33.7 Å². The highest BCUT2D eigenvalue weighted by Gasteiger charge is 2.04. The minimum absolute atomic E-state index is 0.281. The maximum absolute atomic E-state index is 8.83. The van der Waals surface area contributed by atoms with Crippen molar-refractivity contribution in [2.75, 3.05) is 19.7 Å². The molecule has 0 aromatic heterocycles. The van der Waals surface area contributed by atoms with Crippen molar-refractivity contribution in [2.24, 2.45) is 0 Å². The monoisotopic (exact) mass is 221 g/mol. The fourth-order valence-electron chi connectivity index (χ4n) is 1.80. The number of benzene rings is 1. The molecular formula is C14H23NO. The van der Waals surface area contributed by atoms with E-state index in [-0.39, 0.29) is 6.61 Å². The lowest BCUT2D eigenvalue weighted by Gasteiger charge is -2.20. The Balaban J connectivity index is 2.59. The van der Waals surface area contributed by atoms with Crippen molar-refractivity contribution in [3.8, 4) is 0 Å². The largest absolute Gasteiger partial charge is 0.396 e. The van der Waals surface area contributed by atoms with E-state index < -0.39 is 0 Å². The molecule has 2 nitrogen and oxygen atoms in total. The first-order chi connectivity index (χ1) is 7.67. The number of hydrogen-bond acceptors (Lipinski definition) is 2. The summed E-state index contributed by atoms with van der Waals surface area (Å²) in [5.74, 6) is 0. The summed E-state index contributed by atoms with van der Waals surface area (Å²) in [7, 11) is 0. The van der Waals surface area contributed by atoms with Gasteiger partial charge in [-0.25, -0.2) is 0 Å². The number of aliphatic hydroxyl groups is 1. The van der Waals surface area contributed by atoms with E-state index in [9.17, 15) is 0 Å². The molecule has 0 unspecified atom stereocenters. The summed E-state index contributed by atoms with van der Waals surface area (Å²) < 4.78 is 0. The molecule has 0 saturated heterocycles. The summed E-state index contributed by atoms with van der Waals surface area (Å²) in [6.45, 7) is 9.73. The van der Waals surface area contributed by atoms with E-state index in [0.29, 0.717) is 0 Å². The molecule has 2 heteroatoms. The van der Waals surface area contributed by atoms with Crippen LogP contribution in [0.2, 0.25) is 0 Å². The standard InChI is InChI=1S/C14H23NO/c1-4-15(8-5-9-16)11-14-7-6-12(2)13(3)10-14/h6-7,10,16H,4-5,8-9,11H2,1-3H3. The SMILES string of the molecule is CCN(CCCO)Cc1ccc(C)c(C)c1. The van der Waals surface area contributed by atoms with E-state index in [1.165, 1.54) is 16.7 Å². The molecule has 90 valence electrons. The van der Waals surface area contributed by atoms with Crippen molar-refractivity contribution < 1.29 is 5.11 Å². The highest BCUT2D eigenvalue weighted by Crippen LogP contribution is 2.12. The Morgan fingerprint density at radius 3 is 2.50 bits per heavy atom. The van der Waals surface area contributed by atoms with Crippen LogP contribution >= 0.6 is 0 Å². The van der Waals surface area contributed by atoms with Crippen molar-refractivity contribution in [1.29, 1.82) is 0 Å². The van der Waals surface area contributed by atoms with Crippen molar-refractivity contribution in [1.82, 2.24) is 4.90 Å². The van der Waals surface area contributed by atoms with Gasteiger partial charge in [-0.2, -0.15) is 0 Å². The second-order valence-corrected chi connectivity index (χ2v) is 4.36. The van der Waals surface area contributed by atoms with Gasteiger partial charge in [-0.3, -0.25) is 4.90 Å². The van der Waals surface area contributed by atoms with Crippen LogP contribution in [0, 0.1) is 13.8 Å². The van der Waals surface area contributed by atoms with E-state index in [2.05, 4.69) is 43.9 Å². The molecule has 0 aliphatic rings. The predicted octanol–water partition coefficient (Wildman–Crippen LogP) is 2.51. The van der Waals surface area contributed by atoms with Crippen molar-refractivity contribution in [3.63, 3.8) is 0 Å². The first-order valence-corrected chi connectivity index (χ1v) is 6.06. The molecule has 0 amide bonds. The summed E-state index contributed by atoms with van der Waals surface area (Å²) in [6.07, 6.45) is 0.860. The number of aryl methyl sites for hydroxylation is 2. The van der Waals surface area contributed by atoms with E-state index in [0.717, 1.165) is 26.1 Å². The highest BCUT2D eigenvalue weighted by molar-refractivity contribution is 5.29. The molecule has 0 aliphatic heterocycles. The Kier molecular flexibility index (Phi) is 5.50. The fraction of sp³-hybridized carbons (Fsp3) is 0.571. The van der Waals surface area contributed by atoms with Crippen molar-refractivity contribution >= 4 is 0 Å². The van der Waals surface area contributed by atoms with E-state index >= 15 is 0 Å². The van der Waals surface area contributed by atoms with Gasteiger partial charge in [0.05, 0.1) is 0 Å². The van der Waals surface area contributed by atoms with Crippen molar-refractivity contribution in [3.05, 3.63) is 34.9 Å². The molecule has 0 saturated carbocycles. The Bertz CT molecular complexity index is 323. The number of aliphatic hydroxyl groups excluding tert-OH is 1. The maximum Gasteiger partial charge on any atom is 0.0443 e. The second-order valence-electron chi connectivity index (χ2n) is 4.36. The van der Waals surface area contributed by atoms with E-state index in [1.54, 1.807) is 0 Å². The third kappa shape index (κ3) is 3.95. The topological polar surface area (TPSA) is 23.5 Å². The Hall–Kier alpha value is -0.860. The first kappa shape index (κ1) is 13.2. The van der Waals surface area contributed by atoms with Crippen LogP contribution in [0.25, 0.3) is 0 Å². The second kappa shape index (κ2) is 6.66. The zero-order valence-electron chi connectivity index (χ0n) is 10.7. The van der Waals surface area contributed by atoms with Gasteiger partial charge in [0.15, 0.2) is 0 Å². The summed E-state index contributed by atoms with van der Waals surface area (Å²) >= 11 is 0. The van der Waals surface area contributed by atoms with Gasteiger partial charge >= 0.3 is 0 Å². The van der Waals surface area contributed by atoms with E-state index in [1.807, 2.05) is 0 Å². The number of rotatable bonds is 6. The van der Waals surface area contributed by atoms with Crippen LogP contribution in [0.4, 0.5) is 0 Å². The number of hydrogen-bond donors (Lipinski definition) is 1. The van der Waals surface area contributed by atoms with Gasteiger partial charge in [0.25, 0.3) is 0 Å². The molecule has 0 atom stereocenters. The van der Waals surface area contributed by atoms with Crippen LogP contribution in [0.15, 0.2) is 18.2 Å². The molecule has 1 N–H and O–H groups in total. The fourth-order valence-corrected chi connectivity index (χ4v) is 1.80. The molecule has 0 radical (unpaired) electrons. The van der Waals surface area contributed by atoms with Crippen LogP contribution in [-0.4, -0.2) is 29.7 Å². The Labute approximate surface area is 98.9 Å². The summed E-state index contributed by atoms with van der Waals surface area (Å²) in [6, 6.07) is 6.64. The van der Waals surface area contributed by atoms with Crippen LogP contribution in [0.1, 0.15) is 30.0 Å². The average molecular weight is 221 g/mol. The quantitative estimate of drug-likeness (QED) is 0.798. The molecule has 0 heterocycles. The minimum atomic E-state index is 0.281. The lowest BCUT2D eigenvalue weighted by atomic mass is 10.1. The summed E-state index contributed by atoms with van der Waals surface area (Å²) in [4.78, 5) is 2.36. The summed E-state index contributed by atoms with van der Waals surface area (Å²) in [5.41, 5.74) is 4.07. The zero-order chi connectivity index (χ0) is 12.0. The molecule has 1 aromatic carbocycles. The molecular weight excluding hydrogens is 198 g/mol. The number of nitrogens with zero attached hydrogens (tertiary/aromatic N) is 1. The minimum Gasteiger partial charge on any atom is -0.396 e. The van der Waals surface area contributed by atoms with Gasteiger partial charge in [-0.15, -0.1) is 0 Å². The molecule has 0 fully saturated rings. The molecule has 0 aliphatic carbocycles. The van der Waals surface area contributed by atoms with Gasteiger partial charge in [-0.1, -0.05) is 25.1 Å². The molecule has 1 rings (SSSR count). The van der Waals surface area contributed by atoms with Crippen LogP contribution < -0.4 is 0 Å². The van der Waals surface area contributed by atoms with Gasteiger partial charge in [-0.05, 0) is 43.5 Å². The first-order valence-electron chi connectivity index (χ1n) is 6.06. The van der Waals surface area contributed by atoms with Gasteiger partial charge < -0.3 is 5.11 Å². The molecule has 16 heavy (non-hydrogen) atoms. The normalized spacial score (nSPS) is 11.1. The van der Waals surface area contributed by atoms with Crippen LogP contribution in [0.3, 0.4) is 0 Å². The van der Waals surface area contributed by atoms with E-state index in [4.69, 9.17) is 5.11 Å². The molecule has 0 bridgehead atoms.